The van der Waals surface area contributed by atoms with E-state index in [0.29, 0.717) is 57.9 Å². The molecule has 1 aromatic carbocycles. The van der Waals surface area contributed by atoms with Crippen LogP contribution in [0.2, 0.25) is 0 Å². The van der Waals surface area contributed by atoms with Crippen LogP contribution in [0.15, 0.2) is 24.3 Å². The topological polar surface area (TPSA) is 79.0 Å². The minimum absolute atomic E-state index is 0.0122. The Bertz CT molecular complexity index is 717. The summed E-state index contributed by atoms with van der Waals surface area (Å²) >= 11 is 1.25. The number of carbonyl (C=O) groups is 3. The van der Waals surface area contributed by atoms with Gasteiger partial charge in [-0.25, -0.2) is 4.39 Å². The van der Waals surface area contributed by atoms with Crippen molar-refractivity contribution in [1.29, 1.82) is 0 Å². The molecule has 0 saturated carbocycles. The zero-order chi connectivity index (χ0) is 20.6. The highest BCUT2D eigenvalue weighted by atomic mass is 32.2. The largest absolute Gasteiger partial charge is 0.378 e. The molecule has 3 rings (SSSR count). The SMILES string of the molecule is O=C(CSCC(=O)N1CCC(C(=O)N2CCOCC2)CC1)Nc1ccc(F)cc1. The summed E-state index contributed by atoms with van der Waals surface area (Å²) in [4.78, 5) is 40.5. The van der Waals surface area contributed by atoms with Gasteiger partial charge in [0.2, 0.25) is 17.7 Å². The molecule has 0 aliphatic carbocycles. The number of hydrogen-bond acceptors (Lipinski definition) is 5. The van der Waals surface area contributed by atoms with Gasteiger partial charge in [0.1, 0.15) is 5.82 Å². The first-order valence-electron chi connectivity index (χ1n) is 9.80. The van der Waals surface area contributed by atoms with Gasteiger partial charge in [-0.3, -0.25) is 14.4 Å². The molecule has 0 atom stereocenters. The molecule has 2 aliphatic rings. The van der Waals surface area contributed by atoms with Crippen LogP contribution in [-0.2, 0) is 19.1 Å². The number of nitrogens with one attached hydrogen (secondary N) is 1. The molecule has 1 N–H and O–H groups in total. The van der Waals surface area contributed by atoms with E-state index in [1.54, 1.807) is 4.90 Å². The van der Waals surface area contributed by atoms with Crippen molar-refractivity contribution in [3.05, 3.63) is 30.1 Å². The van der Waals surface area contributed by atoms with Crippen molar-refractivity contribution in [2.75, 3.05) is 56.2 Å². The molecular formula is C20H26FN3O4S. The van der Waals surface area contributed by atoms with Crippen molar-refractivity contribution in [2.45, 2.75) is 12.8 Å². The second-order valence-corrected chi connectivity index (χ2v) is 8.13. The molecule has 2 fully saturated rings. The lowest BCUT2D eigenvalue weighted by atomic mass is 9.95. The molecule has 2 saturated heterocycles. The molecule has 2 aliphatic heterocycles. The zero-order valence-electron chi connectivity index (χ0n) is 16.3. The van der Waals surface area contributed by atoms with E-state index in [1.807, 2.05) is 4.90 Å². The molecule has 0 unspecified atom stereocenters. The second-order valence-electron chi connectivity index (χ2n) is 7.14. The Hall–Kier alpha value is -2.13. The fourth-order valence-electron chi connectivity index (χ4n) is 3.47. The maximum Gasteiger partial charge on any atom is 0.234 e. The Morgan fingerprint density at radius 3 is 2.31 bits per heavy atom. The lowest BCUT2D eigenvalue weighted by Gasteiger charge is -2.35. The molecule has 1 aromatic rings. The lowest BCUT2D eigenvalue weighted by Crippen LogP contribution is -2.48. The Balaban J connectivity index is 1.33. The van der Waals surface area contributed by atoms with Gasteiger partial charge in [0.25, 0.3) is 0 Å². The maximum absolute atomic E-state index is 12.9. The second kappa shape index (κ2) is 10.6. The third kappa shape index (κ3) is 6.43. The predicted octanol–water partition coefficient (Wildman–Crippen LogP) is 1.59. The molecule has 0 bridgehead atoms. The number of morpholine rings is 1. The summed E-state index contributed by atoms with van der Waals surface area (Å²) in [5.41, 5.74) is 0.523. The van der Waals surface area contributed by atoms with E-state index < -0.39 is 0 Å². The Morgan fingerprint density at radius 1 is 1.00 bits per heavy atom. The number of likely N-dealkylation sites (tertiary alicyclic amines) is 1. The first-order valence-corrected chi connectivity index (χ1v) is 11.0. The number of carbonyl (C=O) groups excluding carboxylic acids is 3. The Morgan fingerprint density at radius 2 is 1.66 bits per heavy atom. The van der Waals surface area contributed by atoms with Crippen molar-refractivity contribution < 1.29 is 23.5 Å². The van der Waals surface area contributed by atoms with E-state index in [1.165, 1.54) is 36.0 Å². The molecule has 0 aromatic heterocycles. The highest BCUT2D eigenvalue weighted by Crippen LogP contribution is 2.21. The number of ether oxygens (including phenoxy) is 1. The van der Waals surface area contributed by atoms with Crippen molar-refractivity contribution in [3.63, 3.8) is 0 Å². The predicted molar refractivity (Wildman–Crippen MR) is 109 cm³/mol. The van der Waals surface area contributed by atoms with Crippen LogP contribution in [-0.4, -0.2) is 78.4 Å². The number of rotatable bonds is 6. The number of anilines is 1. The van der Waals surface area contributed by atoms with Crippen LogP contribution >= 0.6 is 11.8 Å². The van der Waals surface area contributed by atoms with Gasteiger partial charge in [-0.2, -0.15) is 0 Å². The first-order chi connectivity index (χ1) is 14.0. The zero-order valence-corrected chi connectivity index (χ0v) is 17.1. The molecule has 0 spiro atoms. The molecule has 0 radical (unpaired) electrons. The third-order valence-electron chi connectivity index (χ3n) is 5.11. The number of hydrogen-bond donors (Lipinski definition) is 1. The van der Waals surface area contributed by atoms with Gasteiger partial charge in [0, 0.05) is 37.8 Å². The summed E-state index contributed by atoms with van der Waals surface area (Å²) < 4.78 is 18.2. The summed E-state index contributed by atoms with van der Waals surface area (Å²) in [5, 5.41) is 2.67. The van der Waals surface area contributed by atoms with Gasteiger partial charge >= 0.3 is 0 Å². The number of benzene rings is 1. The molecule has 7 nitrogen and oxygen atoms in total. The quantitative estimate of drug-likeness (QED) is 0.752. The average Bonchev–Trinajstić information content (AvgIpc) is 2.75. The number of amides is 3. The fraction of sp³-hybridized carbons (Fsp3) is 0.550. The van der Waals surface area contributed by atoms with Crippen LogP contribution in [0.5, 0.6) is 0 Å². The van der Waals surface area contributed by atoms with Gasteiger partial charge in [-0.05, 0) is 37.1 Å². The van der Waals surface area contributed by atoms with Crippen LogP contribution in [0.1, 0.15) is 12.8 Å². The minimum atomic E-state index is -0.363. The molecule has 2 heterocycles. The van der Waals surface area contributed by atoms with E-state index in [0.717, 1.165) is 0 Å². The summed E-state index contributed by atoms with van der Waals surface area (Å²) in [6, 6.07) is 5.54. The van der Waals surface area contributed by atoms with Crippen molar-refractivity contribution >= 4 is 35.2 Å². The average molecular weight is 424 g/mol. The van der Waals surface area contributed by atoms with Crippen LogP contribution < -0.4 is 5.32 Å². The molecule has 29 heavy (non-hydrogen) atoms. The van der Waals surface area contributed by atoms with Gasteiger partial charge in [-0.15, -0.1) is 11.8 Å². The smallest absolute Gasteiger partial charge is 0.234 e. The molecule has 9 heteroatoms. The monoisotopic (exact) mass is 423 g/mol. The van der Waals surface area contributed by atoms with Crippen LogP contribution in [0.3, 0.4) is 0 Å². The van der Waals surface area contributed by atoms with Crippen molar-refractivity contribution in [2.24, 2.45) is 5.92 Å². The highest BCUT2D eigenvalue weighted by Gasteiger charge is 2.30. The van der Waals surface area contributed by atoms with Crippen molar-refractivity contribution in [1.82, 2.24) is 9.80 Å². The molecular weight excluding hydrogens is 397 g/mol. The van der Waals surface area contributed by atoms with Gasteiger partial charge in [-0.1, -0.05) is 0 Å². The Labute approximate surface area is 173 Å². The minimum Gasteiger partial charge on any atom is -0.378 e. The van der Waals surface area contributed by atoms with Gasteiger partial charge in [0.05, 0.1) is 24.7 Å². The Kier molecular flexibility index (Phi) is 7.88. The van der Waals surface area contributed by atoms with Crippen LogP contribution in [0.4, 0.5) is 10.1 Å². The van der Waals surface area contributed by atoms with Crippen LogP contribution in [0, 0.1) is 11.7 Å². The van der Waals surface area contributed by atoms with Gasteiger partial charge < -0.3 is 19.9 Å². The van der Waals surface area contributed by atoms with E-state index in [9.17, 15) is 18.8 Å². The summed E-state index contributed by atoms with van der Waals surface area (Å²) in [6.45, 7) is 3.62. The maximum atomic E-state index is 12.9. The van der Waals surface area contributed by atoms with Crippen molar-refractivity contribution in [3.8, 4) is 0 Å². The number of thioether (sulfide) groups is 1. The standard InChI is InChI=1S/C20H26FN3O4S/c21-16-1-3-17(4-2-16)22-18(25)13-29-14-19(26)23-7-5-15(6-8-23)20(27)24-9-11-28-12-10-24/h1-4,15H,5-14H2,(H,22,25). The summed E-state index contributed by atoms with van der Waals surface area (Å²) in [7, 11) is 0. The third-order valence-corrected chi connectivity index (χ3v) is 6.02. The van der Waals surface area contributed by atoms with Gasteiger partial charge in [0.15, 0.2) is 0 Å². The normalized spacial score (nSPS) is 17.8. The van der Waals surface area contributed by atoms with E-state index in [4.69, 9.17) is 4.74 Å². The van der Waals surface area contributed by atoms with Crippen LogP contribution in [0.25, 0.3) is 0 Å². The summed E-state index contributed by atoms with van der Waals surface area (Å²) in [6.07, 6.45) is 1.36. The first kappa shape index (κ1) is 21.6. The highest BCUT2D eigenvalue weighted by molar-refractivity contribution is 8.00. The van der Waals surface area contributed by atoms with E-state index in [-0.39, 0.29) is 41.0 Å². The fourth-order valence-corrected chi connectivity index (χ4v) is 4.19. The summed E-state index contributed by atoms with van der Waals surface area (Å²) in [5.74, 6) is -0.0865. The molecule has 3 amide bonds. The number of halogens is 1. The number of nitrogens with zero attached hydrogens (tertiary/aromatic N) is 2. The van der Waals surface area contributed by atoms with E-state index >= 15 is 0 Å². The number of piperidine rings is 1. The van der Waals surface area contributed by atoms with E-state index in [2.05, 4.69) is 5.32 Å². The lowest BCUT2D eigenvalue weighted by molar-refractivity contribution is -0.143. The molecule has 158 valence electrons.